The molecule has 1 aliphatic heterocycles. The molecule has 0 aromatic heterocycles. The summed E-state index contributed by atoms with van der Waals surface area (Å²) >= 11 is 0. The highest BCUT2D eigenvalue weighted by Crippen LogP contribution is 2.27. The van der Waals surface area contributed by atoms with Gasteiger partial charge in [-0.25, -0.2) is 4.79 Å². The molecule has 1 aromatic rings. The molecule has 1 atom stereocenters. The number of likely N-dealkylation sites (N-methyl/N-ethyl adjacent to an activating group) is 1. The van der Waals surface area contributed by atoms with E-state index in [-0.39, 0.29) is 6.10 Å². The summed E-state index contributed by atoms with van der Waals surface area (Å²) in [6.45, 7) is 6.38. The van der Waals surface area contributed by atoms with Crippen molar-refractivity contribution in [3.8, 4) is 0 Å². The van der Waals surface area contributed by atoms with Crippen LogP contribution in [-0.4, -0.2) is 36.9 Å². The Morgan fingerprint density at radius 2 is 2.32 bits per heavy atom. The average Bonchev–Trinajstić information content (AvgIpc) is 2.89. The van der Waals surface area contributed by atoms with Crippen LogP contribution in [0.5, 0.6) is 0 Å². The van der Waals surface area contributed by atoms with Gasteiger partial charge in [0.15, 0.2) is 0 Å². The Labute approximate surface area is 114 Å². The lowest BCUT2D eigenvalue weighted by Crippen LogP contribution is -2.33. The van der Waals surface area contributed by atoms with Crippen LogP contribution in [0.2, 0.25) is 0 Å². The largest absolute Gasteiger partial charge is 0.478 e. The molecule has 0 radical (unpaired) electrons. The molecule has 0 bridgehead atoms. The van der Waals surface area contributed by atoms with E-state index in [0.717, 1.165) is 43.8 Å². The first-order valence-corrected chi connectivity index (χ1v) is 6.83. The van der Waals surface area contributed by atoms with Crippen molar-refractivity contribution in [2.24, 2.45) is 0 Å². The fourth-order valence-corrected chi connectivity index (χ4v) is 2.66. The minimum Gasteiger partial charge on any atom is -0.478 e. The summed E-state index contributed by atoms with van der Waals surface area (Å²) in [7, 11) is 0. The zero-order valence-electron chi connectivity index (χ0n) is 11.6. The van der Waals surface area contributed by atoms with E-state index in [2.05, 4.69) is 4.90 Å². The van der Waals surface area contributed by atoms with Crippen molar-refractivity contribution in [2.75, 3.05) is 24.6 Å². The number of ether oxygens (including phenoxy) is 1. The zero-order chi connectivity index (χ0) is 13.8. The minimum absolute atomic E-state index is 0.223. The van der Waals surface area contributed by atoms with Crippen molar-refractivity contribution < 1.29 is 14.6 Å². The molecule has 1 heterocycles. The molecule has 1 fully saturated rings. The number of carboxylic acid groups (broad SMARTS) is 1. The molecular weight excluding hydrogens is 242 g/mol. The second-order valence-corrected chi connectivity index (χ2v) is 4.95. The Balaban J connectivity index is 2.28. The van der Waals surface area contributed by atoms with Gasteiger partial charge in [-0.2, -0.15) is 0 Å². The molecule has 0 saturated carbocycles. The van der Waals surface area contributed by atoms with Crippen LogP contribution in [0, 0.1) is 6.92 Å². The monoisotopic (exact) mass is 263 g/mol. The van der Waals surface area contributed by atoms with Crippen molar-refractivity contribution in [3.05, 3.63) is 29.3 Å². The van der Waals surface area contributed by atoms with Crippen molar-refractivity contribution in [3.63, 3.8) is 0 Å². The maximum atomic E-state index is 11.4. The summed E-state index contributed by atoms with van der Waals surface area (Å²) in [6, 6.07) is 5.42. The summed E-state index contributed by atoms with van der Waals surface area (Å²) in [5.74, 6) is -0.871. The summed E-state index contributed by atoms with van der Waals surface area (Å²) in [5, 5.41) is 9.34. The molecular formula is C15H21NO3. The van der Waals surface area contributed by atoms with E-state index in [0.29, 0.717) is 5.56 Å². The fraction of sp³-hybridized carbons (Fsp3) is 0.533. The summed E-state index contributed by atoms with van der Waals surface area (Å²) in [6.07, 6.45) is 2.38. The number of carbonyl (C=O) groups is 1. The molecule has 2 rings (SSSR count). The highest BCUT2D eigenvalue weighted by atomic mass is 16.5. The van der Waals surface area contributed by atoms with Crippen molar-refractivity contribution in [1.29, 1.82) is 0 Å². The quantitative estimate of drug-likeness (QED) is 0.887. The highest BCUT2D eigenvalue weighted by molar-refractivity contribution is 5.95. The van der Waals surface area contributed by atoms with Crippen molar-refractivity contribution in [2.45, 2.75) is 32.8 Å². The predicted molar refractivity (Wildman–Crippen MR) is 75.0 cm³/mol. The predicted octanol–water partition coefficient (Wildman–Crippen LogP) is 2.70. The number of nitrogens with zero attached hydrogens (tertiary/aromatic N) is 1. The Kier molecular flexibility index (Phi) is 4.43. The number of hydrogen-bond acceptors (Lipinski definition) is 3. The maximum absolute atomic E-state index is 11.4. The zero-order valence-corrected chi connectivity index (χ0v) is 11.6. The number of rotatable bonds is 5. The van der Waals surface area contributed by atoms with Gasteiger partial charge >= 0.3 is 5.97 Å². The van der Waals surface area contributed by atoms with Crippen LogP contribution in [0.15, 0.2) is 18.2 Å². The third-order valence-corrected chi connectivity index (χ3v) is 3.61. The minimum atomic E-state index is -0.871. The van der Waals surface area contributed by atoms with Gasteiger partial charge in [-0.1, -0.05) is 12.1 Å². The van der Waals surface area contributed by atoms with E-state index in [9.17, 15) is 9.90 Å². The van der Waals surface area contributed by atoms with Gasteiger partial charge in [-0.05, 0) is 38.3 Å². The molecule has 0 amide bonds. The standard InChI is InChI=1S/C15H21NO3/c1-3-16(10-12-7-5-9-19-12)14-11(2)6-4-8-13(14)15(17)18/h4,6,8,12H,3,5,7,9-10H2,1-2H3,(H,17,18). The smallest absolute Gasteiger partial charge is 0.337 e. The summed E-state index contributed by atoms with van der Waals surface area (Å²) in [5.41, 5.74) is 2.20. The lowest BCUT2D eigenvalue weighted by Gasteiger charge is -2.28. The van der Waals surface area contributed by atoms with Crippen molar-refractivity contribution >= 4 is 11.7 Å². The van der Waals surface area contributed by atoms with Crippen LogP contribution in [0.4, 0.5) is 5.69 Å². The Morgan fingerprint density at radius 3 is 2.89 bits per heavy atom. The number of carboxylic acids is 1. The molecule has 0 spiro atoms. The first kappa shape index (κ1) is 13.9. The second-order valence-electron chi connectivity index (χ2n) is 4.95. The van der Waals surface area contributed by atoms with Crippen LogP contribution >= 0.6 is 0 Å². The Bertz CT molecular complexity index is 453. The van der Waals surface area contributed by atoms with Gasteiger partial charge in [-0.3, -0.25) is 0 Å². The molecule has 1 saturated heterocycles. The molecule has 1 aliphatic rings. The normalized spacial score (nSPS) is 18.5. The van der Waals surface area contributed by atoms with E-state index in [1.165, 1.54) is 0 Å². The highest BCUT2D eigenvalue weighted by Gasteiger charge is 2.22. The van der Waals surface area contributed by atoms with Crippen molar-refractivity contribution in [1.82, 2.24) is 0 Å². The number of benzene rings is 1. The van der Waals surface area contributed by atoms with E-state index in [1.54, 1.807) is 12.1 Å². The molecule has 4 nitrogen and oxygen atoms in total. The molecule has 19 heavy (non-hydrogen) atoms. The fourth-order valence-electron chi connectivity index (χ4n) is 2.66. The molecule has 1 N–H and O–H groups in total. The SMILES string of the molecule is CCN(CC1CCCO1)c1c(C)cccc1C(=O)O. The molecule has 104 valence electrons. The van der Waals surface area contributed by atoms with Gasteiger partial charge in [0, 0.05) is 19.7 Å². The molecule has 0 aliphatic carbocycles. The van der Waals surface area contributed by atoms with Gasteiger partial charge in [0.05, 0.1) is 17.4 Å². The van der Waals surface area contributed by atoms with Crippen LogP contribution in [0.1, 0.15) is 35.7 Å². The number of anilines is 1. The van der Waals surface area contributed by atoms with E-state index >= 15 is 0 Å². The average molecular weight is 263 g/mol. The van der Waals surface area contributed by atoms with Gasteiger partial charge in [0.1, 0.15) is 0 Å². The molecule has 1 unspecified atom stereocenters. The number of aromatic carboxylic acids is 1. The Morgan fingerprint density at radius 1 is 1.53 bits per heavy atom. The summed E-state index contributed by atoms with van der Waals surface area (Å²) < 4.78 is 5.66. The third-order valence-electron chi connectivity index (χ3n) is 3.61. The lowest BCUT2D eigenvalue weighted by atomic mass is 10.1. The number of hydrogen-bond donors (Lipinski definition) is 1. The summed E-state index contributed by atoms with van der Waals surface area (Å²) in [4.78, 5) is 13.5. The maximum Gasteiger partial charge on any atom is 0.337 e. The van der Waals surface area contributed by atoms with Crippen LogP contribution in [0.25, 0.3) is 0 Å². The van der Waals surface area contributed by atoms with Gasteiger partial charge in [0.25, 0.3) is 0 Å². The van der Waals surface area contributed by atoms with Gasteiger partial charge in [0.2, 0.25) is 0 Å². The molecule has 1 aromatic carbocycles. The van der Waals surface area contributed by atoms with Gasteiger partial charge in [-0.15, -0.1) is 0 Å². The Hall–Kier alpha value is -1.55. The topological polar surface area (TPSA) is 49.8 Å². The number of para-hydroxylation sites is 1. The lowest BCUT2D eigenvalue weighted by molar-refractivity contribution is 0.0696. The van der Waals surface area contributed by atoms with Crippen LogP contribution in [-0.2, 0) is 4.74 Å². The first-order chi connectivity index (χ1) is 9.13. The van der Waals surface area contributed by atoms with E-state index in [4.69, 9.17) is 4.74 Å². The third kappa shape index (κ3) is 3.07. The first-order valence-electron chi connectivity index (χ1n) is 6.83. The molecule has 4 heteroatoms. The van der Waals surface area contributed by atoms with E-state index < -0.39 is 5.97 Å². The number of aryl methyl sites for hydroxylation is 1. The second kappa shape index (κ2) is 6.06. The van der Waals surface area contributed by atoms with E-state index in [1.807, 2.05) is 19.9 Å². The van der Waals surface area contributed by atoms with Crippen LogP contribution < -0.4 is 4.90 Å². The van der Waals surface area contributed by atoms with Crippen LogP contribution in [0.3, 0.4) is 0 Å². The van der Waals surface area contributed by atoms with Gasteiger partial charge < -0.3 is 14.7 Å².